The third-order valence-corrected chi connectivity index (χ3v) is 11.6. The molecule has 0 amide bonds. The maximum absolute atomic E-state index is 5.46. The topological polar surface area (TPSA) is 12.4 Å². The van der Waals surface area contributed by atoms with Gasteiger partial charge in [-0.2, -0.15) is 0 Å². The monoisotopic (exact) mass is 751 g/mol. The van der Waals surface area contributed by atoms with Gasteiger partial charge in [0.2, 0.25) is 0 Å². The number of rotatable bonds is 8. The van der Waals surface area contributed by atoms with Gasteiger partial charge in [-0.05, 0) is 130 Å². The molecule has 0 aromatic heterocycles. The lowest BCUT2D eigenvalue weighted by Crippen LogP contribution is -1.97. The van der Waals surface area contributed by atoms with E-state index in [4.69, 9.17) is 4.99 Å². The van der Waals surface area contributed by atoms with Crippen LogP contribution >= 0.6 is 0 Å². The number of hydrogen-bond donors (Lipinski definition) is 0. The summed E-state index contributed by atoms with van der Waals surface area (Å²) >= 11 is 0. The Labute approximate surface area is 345 Å². The van der Waals surface area contributed by atoms with Gasteiger partial charge in [0.1, 0.15) is 0 Å². The maximum Gasteiger partial charge on any atom is 0.0711 e. The molecule has 10 rings (SSSR count). The fourth-order valence-corrected chi connectivity index (χ4v) is 8.53. The molecular formula is C58H41N. The van der Waals surface area contributed by atoms with Crippen LogP contribution in [0.4, 0.5) is 0 Å². The third kappa shape index (κ3) is 6.94. The second kappa shape index (κ2) is 15.4. The molecule has 0 N–H and O–H groups in total. The fourth-order valence-electron chi connectivity index (χ4n) is 8.53. The van der Waals surface area contributed by atoms with Crippen LogP contribution in [-0.2, 0) is 0 Å². The van der Waals surface area contributed by atoms with Crippen molar-refractivity contribution in [2.24, 2.45) is 4.99 Å². The molecule has 1 heteroatoms. The quantitative estimate of drug-likeness (QED) is 0.0833. The zero-order valence-corrected chi connectivity index (χ0v) is 32.9. The van der Waals surface area contributed by atoms with E-state index in [0.29, 0.717) is 0 Å². The van der Waals surface area contributed by atoms with Crippen LogP contribution in [0.5, 0.6) is 0 Å². The molecule has 0 aliphatic rings. The molecule has 0 aliphatic heterocycles. The summed E-state index contributed by atoms with van der Waals surface area (Å²) in [4.78, 5) is 5.46. The first-order valence-corrected chi connectivity index (χ1v) is 20.2. The average Bonchev–Trinajstić information content (AvgIpc) is 3.31. The summed E-state index contributed by atoms with van der Waals surface area (Å²) in [7, 11) is 0. The minimum absolute atomic E-state index is 0.855. The Morgan fingerprint density at radius 2 is 0.814 bits per heavy atom. The molecule has 0 fully saturated rings. The molecule has 0 atom stereocenters. The molecule has 0 unspecified atom stereocenters. The van der Waals surface area contributed by atoms with Gasteiger partial charge in [-0.25, -0.2) is 0 Å². The molecule has 0 spiro atoms. The first-order chi connectivity index (χ1) is 29.1. The van der Waals surface area contributed by atoms with Crippen LogP contribution in [0.25, 0.3) is 87.7 Å². The van der Waals surface area contributed by atoms with E-state index in [1.807, 2.05) is 6.07 Å². The molecule has 0 saturated heterocycles. The largest absolute Gasteiger partial charge is 0.252 e. The Balaban J connectivity index is 1.09. The Kier molecular flexibility index (Phi) is 9.33. The van der Waals surface area contributed by atoms with Crippen molar-refractivity contribution >= 4 is 60.1 Å². The minimum Gasteiger partial charge on any atom is -0.252 e. The van der Waals surface area contributed by atoms with Crippen molar-refractivity contribution in [2.45, 2.75) is 6.92 Å². The predicted molar refractivity (Wildman–Crippen MR) is 255 cm³/mol. The van der Waals surface area contributed by atoms with Crippen molar-refractivity contribution in [3.05, 3.63) is 242 Å². The van der Waals surface area contributed by atoms with Crippen LogP contribution in [0.2, 0.25) is 0 Å². The van der Waals surface area contributed by atoms with Crippen LogP contribution < -0.4 is 0 Å². The number of fused-ring (bicyclic) bond motifs is 6. The van der Waals surface area contributed by atoms with Gasteiger partial charge in [0.15, 0.2) is 0 Å². The van der Waals surface area contributed by atoms with E-state index >= 15 is 0 Å². The average molecular weight is 752 g/mol. The molecule has 1 nitrogen and oxygen atoms in total. The SMILES string of the molecule is C=C(/C=C(\N=C(C)c1cccc(-c2cc3ccccc3c3ccccc23)c1)c1cccc(-c2cc3ccccc3c3ccccc23)c1)c1ccc(-c2ccccc2)cc1. The smallest absolute Gasteiger partial charge is 0.0711 e. The van der Waals surface area contributed by atoms with Crippen LogP contribution in [0.15, 0.2) is 230 Å². The van der Waals surface area contributed by atoms with Crippen LogP contribution in [-0.4, -0.2) is 5.71 Å². The summed E-state index contributed by atoms with van der Waals surface area (Å²) in [6, 6.07) is 76.1. The van der Waals surface area contributed by atoms with Gasteiger partial charge >= 0.3 is 0 Å². The first kappa shape index (κ1) is 35.8. The second-order valence-corrected chi connectivity index (χ2v) is 15.2. The standard InChI is InChI=1S/C58H41N/c1-39(41-30-32-43(33-31-41)42-16-4-3-5-17-42)34-58(49-23-15-22-46(36-49)57-38-48-19-7-9-25-51(48)53-27-11-13-29-55(53)57)59-40(2)44-20-14-21-45(35-44)56-37-47-18-6-8-24-50(47)52-26-10-12-28-54(52)56/h3-38H,1H2,2H3/b58-34-,59-40?. The molecule has 278 valence electrons. The summed E-state index contributed by atoms with van der Waals surface area (Å²) in [6.07, 6.45) is 2.14. The molecule has 0 bridgehead atoms. The number of allylic oxidation sites excluding steroid dienone is 2. The molecule has 0 aliphatic carbocycles. The summed E-state index contributed by atoms with van der Waals surface area (Å²) in [5, 5.41) is 9.97. The first-order valence-electron chi connectivity index (χ1n) is 20.2. The Bertz CT molecular complexity index is 3270. The van der Waals surface area contributed by atoms with E-state index in [-0.39, 0.29) is 0 Å². The van der Waals surface area contributed by atoms with Crippen molar-refractivity contribution in [3.63, 3.8) is 0 Å². The Hall–Kier alpha value is -7.61. The molecule has 10 aromatic rings. The maximum atomic E-state index is 5.46. The van der Waals surface area contributed by atoms with E-state index in [1.165, 1.54) is 65.3 Å². The van der Waals surface area contributed by atoms with Gasteiger partial charge in [0.25, 0.3) is 0 Å². The van der Waals surface area contributed by atoms with E-state index in [9.17, 15) is 0 Å². The Morgan fingerprint density at radius 1 is 0.373 bits per heavy atom. The van der Waals surface area contributed by atoms with Crippen molar-refractivity contribution in [3.8, 4) is 33.4 Å². The summed E-state index contributed by atoms with van der Waals surface area (Å²) < 4.78 is 0. The second-order valence-electron chi connectivity index (χ2n) is 15.2. The lowest BCUT2D eigenvalue weighted by Gasteiger charge is -2.14. The molecule has 0 heterocycles. The number of benzene rings is 10. The highest BCUT2D eigenvalue weighted by molar-refractivity contribution is 6.15. The van der Waals surface area contributed by atoms with Crippen molar-refractivity contribution < 1.29 is 0 Å². The highest BCUT2D eigenvalue weighted by Crippen LogP contribution is 2.38. The van der Waals surface area contributed by atoms with E-state index in [2.05, 4.69) is 226 Å². The van der Waals surface area contributed by atoms with Gasteiger partial charge in [-0.3, -0.25) is 4.99 Å². The van der Waals surface area contributed by atoms with Crippen molar-refractivity contribution in [2.75, 3.05) is 0 Å². The van der Waals surface area contributed by atoms with Gasteiger partial charge in [-0.15, -0.1) is 0 Å². The molecule has 0 radical (unpaired) electrons. The summed E-state index contributed by atoms with van der Waals surface area (Å²) in [5.74, 6) is 0. The lowest BCUT2D eigenvalue weighted by atomic mass is 9.92. The molecule has 0 saturated carbocycles. The van der Waals surface area contributed by atoms with E-state index in [0.717, 1.165) is 44.8 Å². The van der Waals surface area contributed by atoms with Gasteiger partial charge in [0, 0.05) is 11.3 Å². The van der Waals surface area contributed by atoms with Crippen molar-refractivity contribution in [1.82, 2.24) is 0 Å². The van der Waals surface area contributed by atoms with Crippen LogP contribution in [0.3, 0.4) is 0 Å². The van der Waals surface area contributed by atoms with Crippen molar-refractivity contribution in [1.29, 1.82) is 0 Å². The molecule has 10 aromatic carbocycles. The summed E-state index contributed by atoms with van der Waals surface area (Å²) in [5.41, 5.74) is 12.9. The zero-order chi connectivity index (χ0) is 39.7. The highest BCUT2D eigenvalue weighted by atomic mass is 14.8. The zero-order valence-electron chi connectivity index (χ0n) is 32.9. The number of nitrogens with zero attached hydrogens (tertiary/aromatic N) is 1. The molecule has 59 heavy (non-hydrogen) atoms. The highest BCUT2D eigenvalue weighted by Gasteiger charge is 2.13. The van der Waals surface area contributed by atoms with Gasteiger partial charge < -0.3 is 0 Å². The minimum atomic E-state index is 0.855. The Morgan fingerprint density at radius 3 is 1.39 bits per heavy atom. The number of aliphatic imine (C=N–C) groups is 1. The normalized spacial score (nSPS) is 12.1. The predicted octanol–water partition coefficient (Wildman–Crippen LogP) is 15.9. The van der Waals surface area contributed by atoms with E-state index < -0.39 is 0 Å². The lowest BCUT2D eigenvalue weighted by molar-refractivity contribution is 1.46. The van der Waals surface area contributed by atoms with Gasteiger partial charge in [-0.1, -0.05) is 195 Å². The van der Waals surface area contributed by atoms with Crippen LogP contribution in [0.1, 0.15) is 23.6 Å². The number of hydrogen-bond acceptors (Lipinski definition) is 1. The van der Waals surface area contributed by atoms with Crippen LogP contribution in [0, 0.1) is 0 Å². The van der Waals surface area contributed by atoms with E-state index in [1.54, 1.807) is 0 Å². The summed E-state index contributed by atoms with van der Waals surface area (Å²) in [6.45, 7) is 6.70. The van der Waals surface area contributed by atoms with Gasteiger partial charge in [0.05, 0.1) is 5.70 Å². The fraction of sp³-hybridized carbons (Fsp3) is 0.0172. The molecular weight excluding hydrogens is 711 g/mol. The third-order valence-electron chi connectivity index (χ3n) is 11.6.